The summed E-state index contributed by atoms with van der Waals surface area (Å²) in [5.41, 5.74) is 0. The molecule has 1 saturated carbocycles. The molecule has 1 aliphatic carbocycles. The van der Waals surface area contributed by atoms with E-state index in [0.717, 1.165) is 11.8 Å². The summed E-state index contributed by atoms with van der Waals surface area (Å²) in [6.45, 7) is 2.39. The van der Waals surface area contributed by atoms with Crippen molar-refractivity contribution in [2.45, 2.75) is 32.2 Å². The van der Waals surface area contributed by atoms with E-state index in [1.807, 2.05) is 23.9 Å². The van der Waals surface area contributed by atoms with Gasteiger partial charge in [-0.25, -0.2) is 4.98 Å². The summed E-state index contributed by atoms with van der Waals surface area (Å²) >= 11 is 5.55. The Labute approximate surface area is 120 Å². The van der Waals surface area contributed by atoms with Gasteiger partial charge in [-0.3, -0.25) is 0 Å². The molecule has 2 aromatic heterocycles. The van der Waals surface area contributed by atoms with Crippen molar-refractivity contribution in [1.29, 1.82) is 0 Å². The Kier molecular flexibility index (Phi) is 3.57. The third-order valence-corrected chi connectivity index (χ3v) is 6.03. The van der Waals surface area contributed by atoms with Gasteiger partial charge in [0.05, 0.1) is 12.4 Å². The van der Waals surface area contributed by atoms with Crippen molar-refractivity contribution < 1.29 is 0 Å². The lowest BCUT2D eigenvalue weighted by Crippen LogP contribution is -2.21. The number of aromatic nitrogens is 2. The van der Waals surface area contributed by atoms with Crippen LogP contribution >= 0.6 is 27.3 Å². The van der Waals surface area contributed by atoms with Crippen LogP contribution in [0.3, 0.4) is 0 Å². The minimum absolute atomic E-state index is 0.444. The smallest absolute Gasteiger partial charge is 0.0952 e. The normalized spacial score (nSPS) is 25.4. The lowest BCUT2D eigenvalue weighted by atomic mass is 9.89. The molecule has 0 bridgehead atoms. The summed E-state index contributed by atoms with van der Waals surface area (Å²) in [6.07, 6.45) is 9.99. The Morgan fingerprint density at radius 2 is 2.39 bits per heavy atom. The number of imidazole rings is 1. The molecule has 2 aromatic rings. The van der Waals surface area contributed by atoms with E-state index in [-0.39, 0.29) is 0 Å². The van der Waals surface area contributed by atoms with Gasteiger partial charge in [0.2, 0.25) is 0 Å². The van der Waals surface area contributed by atoms with Crippen LogP contribution in [0.2, 0.25) is 0 Å². The molecule has 3 rings (SSSR count). The highest BCUT2D eigenvalue weighted by Gasteiger charge is 2.34. The molecule has 0 aromatic carbocycles. The first kappa shape index (κ1) is 12.4. The Balaban J connectivity index is 2.01. The second-order valence-electron chi connectivity index (χ2n) is 5.16. The summed E-state index contributed by atoms with van der Waals surface area (Å²) in [7, 11) is 0. The van der Waals surface area contributed by atoms with E-state index in [9.17, 15) is 0 Å². The molecule has 18 heavy (non-hydrogen) atoms. The molecule has 2 nitrogen and oxygen atoms in total. The fourth-order valence-electron chi connectivity index (χ4n) is 3.14. The first-order valence-electron chi connectivity index (χ1n) is 6.47. The average molecular weight is 325 g/mol. The van der Waals surface area contributed by atoms with Crippen molar-refractivity contribution in [2.24, 2.45) is 11.8 Å². The fraction of sp³-hybridized carbons (Fsp3) is 0.500. The van der Waals surface area contributed by atoms with Gasteiger partial charge >= 0.3 is 0 Å². The Morgan fingerprint density at radius 3 is 2.94 bits per heavy atom. The van der Waals surface area contributed by atoms with Crippen LogP contribution in [0.25, 0.3) is 0 Å². The van der Waals surface area contributed by atoms with Crippen LogP contribution in [0.4, 0.5) is 0 Å². The van der Waals surface area contributed by atoms with Gasteiger partial charge in [-0.1, -0.05) is 19.8 Å². The SMILES string of the molecule is CC1CCCC1C(c1sccc1Br)n1ccnc1. The maximum atomic E-state index is 4.23. The molecule has 2 heterocycles. The molecular formula is C14H17BrN2S. The largest absolute Gasteiger partial charge is 0.329 e. The van der Waals surface area contributed by atoms with Gasteiger partial charge in [-0.05, 0) is 45.6 Å². The quantitative estimate of drug-likeness (QED) is 0.797. The second-order valence-corrected chi connectivity index (χ2v) is 6.96. The van der Waals surface area contributed by atoms with E-state index in [2.05, 4.69) is 50.0 Å². The van der Waals surface area contributed by atoms with Crippen LogP contribution in [-0.2, 0) is 0 Å². The van der Waals surface area contributed by atoms with Gasteiger partial charge in [0.15, 0.2) is 0 Å². The van der Waals surface area contributed by atoms with Crippen LogP contribution in [0, 0.1) is 11.8 Å². The van der Waals surface area contributed by atoms with E-state index in [4.69, 9.17) is 0 Å². The van der Waals surface area contributed by atoms with Crippen molar-refractivity contribution >= 4 is 27.3 Å². The second kappa shape index (κ2) is 5.17. The van der Waals surface area contributed by atoms with Crippen LogP contribution in [0.5, 0.6) is 0 Å². The lowest BCUT2D eigenvalue weighted by molar-refractivity contribution is 0.315. The highest BCUT2D eigenvalue weighted by molar-refractivity contribution is 9.10. The van der Waals surface area contributed by atoms with Gasteiger partial charge in [-0.15, -0.1) is 11.3 Å². The molecule has 0 spiro atoms. The summed E-state index contributed by atoms with van der Waals surface area (Å²) in [6, 6.07) is 2.60. The van der Waals surface area contributed by atoms with Gasteiger partial charge in [0, 0.05) is 21.7 Å². The zero-order valence-corrected chi connectivity index (χ0v) is 12.8. The van der Waals surface area contributed by atoms with E-state index < -0.39 is 0 Å². The molecule has 1 fully saturated rings. The zero-order chi connectivity index (χ0) is 12.5. The monoisotopic (exact) mass is 324 g/mol. The average Bonchev–Trinajstić information content (AvgIpc) is 3.05. The lowest BCUT2D eigenvalue weighted by Gasteiger charge is -2.27. The topological polar surface area (TPSA) is 17.8 Å². The van der Waals surface area contributed by atoms with E-state index in [0.29, 0.717) is 6.04 Å². The number of nitrogens with zero attached hydrogens (tertiary/aromatic N) is 2. The molecule has 0 N–H and O–H groups in total. The fourth-order valence-corrected chi connectivity index (χ4v) is 4.93. The zero-order valence-electron chi connectivity index (χ0n) is 10.4. The van der Waals surface area contributed by atoms with Gasteiger partial charge in [-0.2, -0.15) is 0 Å². The van der Waals surface area contributed by atoms with Crippen molar-refractivity contribution in [2.75, 3.05) is 0 Å². The highest BCUT2D eigenvalue weighted by Crippen LogP contribution is 2.45. The van der Waals surface area contributed by atoms with Crippen molar-refractivity contribution in [3.05, 3.63) is 39.5 Å². The van der Waals surface area contributed by atoms with Crippen molar-refractivity contribution in [3.63, 3.8) is 0 Å². The maximum absolute atomic E-state index is 4.23. The first-order chi connectivity index (χ1) is 8.77. The van der Waals surface area contributed by atoms with Crippen LogP contribution in [-0.4, -0.2) is 9.55 Å². The molecule has 3 unspecified atom stereocenters. The molecule has 0 saturated heterocycles. The number of hydrogen-bond donors (Lipinski definition) is 0. The predicted octanol–water partition coefficient (Wildman–Crippen LogP) is 4.73. The van der Waals surface area contributed by atoms with Crippen LogP contribution < -0.4 is 0 Å². The van der Waals surface area contributed by atoms with E-state index in [1.54, 1.807) is 0 Å². The minimum atomic E-state index is 0.444. The molecular weight excluding hydrogens is 308 g/mol. The predicted molar refractivity (Wildman–Crippen MR) is 78.9 cm³/mol. The third-order valence-electron chi connectivity index (χ3n) is 4.09. The van der Waals surface area contributed by atoms with Crippen molar-refractivity contribution in [3.8, 4) is 0 Å². The first-order valence-corrected chi connectivity index (χ1v) is 8.15. The van der Waals surface area contributed by atoms with Gasteiger partial charge in [0.1, 0.15) is 0 Å². The number of halogens is 1. The highest BCUT2D eigenvalue weighted by atomic mass is 79.9. The molecule has 0 radical (unpaired) electrons. The summed E-state index contributed by atoms with van der Waals surface area (Å²) < 4.78 is 3.52. The van der Waals surface area contributed by atoms with Crippen molar-refractivity contribution in [1.82, 2.24) is 9.55 Å². The van der Waals surface area contributed by atoms with Gasteiger partial charge in [0.25, 0.3) is 0 Å². The number of rotatable bonds is 3. The molecule has 0 amide bonds. The Morgan fingerprint density at radius 1 is 1.50 bits per heavy atom. The standard InChI is InChI=1S/C14H17BrN2S/c1-10-3-2-4-11(10)13(17-7-6-16-9-17)14-12(15)5-8-18-14/h5-11,13H,2-4H2,1H3. The van der Waals surface area contributed by atoms with E-state index >= 15 is 0 Å². The summed E-state index contributed by atoms with van der Waals surface area (Å²) in [4.78, 5) is 5.67. The molecule has 3 atom stereocenters. The molecule has 4 heteroatoms. The van der Waals surface area contributed by atoms with E-state index in [1.165, 1.54) is 28.6 Å². The Hall–Kier alpha value is -0.610. The summed E-state index contributed by atoms with van der Waals surface area (Å²) in [5, 5.41) is 2.17. The minimum Gasteiger partial charge on any atom is -0.329 e. The van der Waals surface area contributed by atoms with Gasteiger partial charge < -0.3 is 4.57 Å². The number of hydrogen-bond acceptors (Lipinski definition) is 2. The Bertz CT molecular complexity index is 506. The molecule has 1 aliphatic rings. The maximum Gasteiger partial charge on any atom is 0.0952 e. The number of thiophene rings is 1. The third kappa shape index (κ3) is 2.16. The van der Waals surface area contributed by atoms with Crippen LogP contribution in [0.1, 0.15) is 37.1 Å². The molecule has 0 aliphatic heterocycles. The summed E-state index contributed by atoms with van der Waals surface area (Å²) in [5.74, 6) is 1.53. The van der Waals surface area contributed by atoms with Crippen LogP contribution in [0.15, 0.2) is 34.6 Å². The molecule has 96 valence electrons.